The molecule has 0 fully saturated rings. The smallest absolute Gasteiger partial charge is 0.442 e. The Morgan fingerprint density at radius 2 is 2.24 bits per heavy atom. The van der Waals surface area contributed by atoms with Crippen molar-refractivity contribution >= 4 is 11.6 Å². The van der Waals surface area contributed by atoms with Crippen LogP contribution in [0.5, 0.6) is 0 Å². The van der Waals surface area contributed by atoms with Gasteiger partial charge in [-0.25, -0.2) is 14.2 Å². The quantitative estimate of drug-likeness (QED) is 0.739. The van der Waals surface area contributed by atoms with Gasteiger partial charge in [-0.2, -0.15) is 0 Å². The van der Waals surface area contributed by atoms with E-state index in [2.05, 4.69) is 14.7 Å². The SMILES string of the molecule is O=c1onc(Cc2c(F)cccc2Cl)n1Cc1ncco1. The summed E-state index contributed by atoms with van der Waals surface area (Å²) in [5.74, 6) is -0.581. The van der Waals surface area contributed by atoms with Gasteiger partial charge in [0.05, 0.1) is 6.20 Å². The minimum Gasteiger partial charge on any atom is -0.447 e. The van der Waals surface area contributed by atoms with Crippen molar-refractivity contribution in [2.45, 2.75) is 13.0 Å². The van der Waals surface area contributed by atoms with E-state index in [-0.39, 0.29) is 29.4 Å². The molecule has 108 valence electrons. The molecule has 0 amide bonds. The number of oxazole rings is 1. The van der Waals surface area contributed by atoms with E-state index in [1.54, 1.807) is 6.07 Å². The molecular weight excluding hydrogens is 301 g/mol. The van der Waals surface area contributed by atoms with Gasteiger partial charge in [-0.1, -0.05) is 22.8 Å². The van der Waals surface area contributed by atoms with Crippen LogP contribution in [-0.4, -0.2) is 14.7 Å². The van der Waals surface area contributed by atoms with Crippen LogP contribution < -0.4 is 5.76 Å². The summed E-state index contributed by atoms with van der Waals surface area (Å²) in [4.78, 5) is 15.6. The first-order chi connectivity index (χ1) is 10.1. The van der Waals surface area contributed by atoms with Gasteiger partial charge < -0.3 is 4.42 Å². The number of halogens is 2. The number of aromatic nitrogens is 3. The molecule has 0 saturated carbocycles. The lowest BCUT2D eigenvalue weighted by molar-refractivity contribution is 0.371. The van der Waals surface area contributed by atoms with Crippen molar-refractivity contribution in [1.82, 2.24) is 14.7 Å². The van der Waals surface area contributed by atoms with Crippen LogP contribution in [0.2, 0.25) is 5.02 Å². The highest BCUT2D eigenvalue weighted by Gasteiger charge is 2.17. The Bertz CT molecular complexity index is 790. The maximum Gasteiger partial charge on any atom is 0.442 e. The second-order valence-corrected chi connectivity index (χ2v) is 4.66. The van der Waals surface area contributed by atoms with Crippen LogP contribution in [0.25, 0.3) is 0 Å². The standard InChI is InChI=1S/C13H9ClFN3O3/c14-9-2-1-3-10(15)8(9)6-11-17-21-13(19)18(11)7-12-16-4-5-20-12/h1-5H,6-7H2. The maximum absolute atomic E-state index is 13.8. The average molecular weight is 310 g/mol. The molecule has 0 aliphatic carbocycles. The van der Waals surface area contributed by atoms with E-state index < -0.39 is 11.6 Å². The average Bonchev–Trinajstić information content (AvgIpc) is 3.07. The normalized spacial score (nSPS) is 11.0. The number of nitrogens with zero attached hydrogens (tertiary/aromatic N) is 3. The zero-order chi connectivity index (χ0) is 14.8. The van der Waals surface area contributed by atoms with Gasteiger partial charge in [0.15, 0.2) is 5.82 Å². The number of hydrogen-bond acceptors (Lipinski definition) is 5. The fourth-order valence-electron chi connectivity index (χ4n) is 1.90. The third-order valence-corrected chi connectivity index (χ3v) is 3.29. The van der Waals surface area contributed by atoms with Crippen molar-refractivity contribution < 1.29 is 13.3 Å². The van der Waals surface area contributed by atoms with Crippen molar-refractivity contribution in [2.75, 3.05) is 0 Å². The summed E-state index contributed by atoms with van der Waals surface area (Å²) in [5, 5.41) is 3.91. The van der Waals surface area contributed by atoms with Crippen LogP contribution in [0.15, 0.2) is 44.4 Å². The molecule has 0 spiro atoms. The van der Waals surface area contributed by atoms with Crippen molar-refractivity contribution in [3.63, 3.8) is 0 Å². The van der Waals surface area contributed by atoms with Crippen LogP contribution in [0.4, 0.5) is 4.39 Å². The number of benzene rings is 1. The predicted octanol–water partition coefficient (Wildman–Crippen LogP) is 2.26. The van der Waals surface area contributed by atoms with Crippen molar-refractivity contribution in [3.8, 4) is 0 Å². The van der Waals surface area contributed by atoms with Crippen LogP contribution in [-0.2, 0) is 13.0 Å². The Hall–Kier alpha value is -2.41. The topological polar surface area (TPSA) is 74.1 Å². The molecule has 0 bridgehead atoms. The van der Waals surface area contributed by atoms with Gasteiger partial charge in [0, 0.05) is 17.0 Å². The van der Waals surface area contributed by atoms with E-state index in [4.69, 9.17) is 16.0 Å². The number of rotatable bonds is 4. The first-order valence-corrected chi connectivity index (χ1v) is 6.39. The zero-order valence-corrected chi connectivity index (χ0v) is 11.4. The lowest BCUT2D eigenvalue weighted by Gasteiger charge is -2.05. The largest absolute Gasteiger partial charge is 0.447 e. The molecule has 0 aliphatic rings. The molecule has 0 saturated heterocycles. The molecule has 1 aromatic carbocycles. The third kappa shape index (κ3) is 2.73. The zero-order valence-electron chi connectivity index (χ0n) is 10.6. The molecular formula is C13H9ClFN3O3. The molecule has 2 heterocycles. The molecule has 0 atom stereocenters. The summed E-state index contributed by atoms with van der Waals surface area (Å²) in [6, 6.07) is 4.36. The minimum absolute atomic E-state index is 0.0257. The molecule has 0 radical (unpaired) electrons. The van der Waals surface area contributed by atoms with Gasteiger partial charge >= 0.3 is 5.76 Å². The van der Waals surface area contributed by atoms with Crippen molar-refractivity contribution in [3.05, 3.63) is 69.3 Å². The van der Waals surface area contributed by atoms with E-state index in [0.717, 1.165) is 0 Å². The van der Waals surface area contributed by atoms with Crippen LogP contribution >= 0.6 is 11.6 Å². The molecule has 21 heavy (non-hydrogen) atoms. The molecule has 6 nitrogen and oxygen atoms in total. The Labute approximate surface area is 122 Å². The molecule has 8 heteroatoms. The Morgan fingerprint density at radius 1 is 1.38 bits per heavy atom. The Balaban J connectivity index is 1.95. The van der Waals surface area contributed by atoms with Gasteiger partial charge in [-0.05, 0) is 12.1 Å². The molecule has 0 N–H and O–H groups in total. The monoisotopic (exact) mass is 309 g/mol. The summed E-state index contributed by atoms with van der Waals surface area (Å²) in [6.45, 7) is 0.0523. The van der Waals surface area contributed by atoms with Crippen LogP contribution in [0.3, 0.4) is 0 Å². The van der Waals surface area contributed by atoms with Gasteiger partial charge in [0.2, 0.25) is 5.89 Å². The van der Waals surface area contributed by atoms with E-state index in [9.17, 15) is 9.18 Å². The third-order valence-electron chi connectivity index (χ3n) is 2.93. The summed E-state index contributed by atoms with van der Waals surface area (Å²) in [6.07, 6.45) is 2.88. The second-order valence-electron chi connectivity index (χ2n) is 4.25. The fourth-order valence-corrected chi connectivity index (χ4v) is 2.13. The molecule has 3 rings (SSSR count). The highest BCUT2D eigenvalue weighted by atomic mass is 35.5. The highest BCUT2D eigenvalue weighted by Crippen LogP contribution is 2.21. The first-order valence-electron chi connectivity index (χ1n) is 6.02. The first kappa shape index (κ1) is 13.6. The minimum atomic E-state index is -0.671. The molecule has 3 aromatic rings. The molecule has 0 aliphatic heterocycles. The Morgan fingerprint density at radius 3 is 2.95 bits per heavy atom. The summed E-state index contributed by atoms with van der Waals surface area (Å²) >= 11 is 5.96. The summed E-state index contributed by atoms with van der Waals surface area (Å²) in [5.41, 5.74) is 0.244. The maximum atomic E-state index is 13.8. The lowest BCUT2D eigenvalue weighted by atomic mass is 10.1. The van der Waals surface area contributed by atoms with Gasteiger partial charge in [0.25, 0.3) is 0 Å². The predicted molar refractivity (Wildman–Crippen MR) is 70.6 cm³/mol. The van der Waals surface area contributed by atoms with Crippen LogP contribution in [0, 0.1) is 5.82 Å². The second kappa shape index (κ2) is 5.53. The molecule has 2 aromatic heterocycles. The fraction of sp³-hybridized carbons (Fsp3) is 0.154. The van der Waals surface area contributed by atoms with Crippen molar-refractivity contribution in [2.24, 2.45) is 0 Å². The van der Waals surface area contributed by atoms with Crippen LogP contribution in [0.1, 0.15) is 17.3 Å². The summed E-state index contributed by atoms with van der Waals surface area (Å²) < 4.78 is 24.7. The number of hydrogen-bond donors (Lipinski definition) is 0. The lowest BCUT2D eigenvalue weighted by Crippen LogP contribution is -2.18. The van der Waals surface area contributed by atoms with E-state index >= 15 is 0 Å². The van der Waals surface area contributed by atoms with Crippen molar-refractivity contribution in [1.29, 1.82) is 0 Å². The Kier molecular flexibility index (Phi) is 3.57. The van der Waals surface area contributed by atoms with Gasteiger partial charge in [-0.3, -0.25) is 9.09 Å². The van der Waals surface area contributed by atoms with Gasteiger partial charge in [-0.15, -0.1) is 0 Å². The highest BCUT2D eigenvalue weighted by molar-refractivity contribution is 6.31. The van der Waals surface area contributed by atoms with Gasteiger partial charge in [0.1, 0.15) is 18.6 Å². The van der Waals surface area contributed by atoms with E-state index in [0.29, 0.717) is 5.89 Å². The molecule has 0 unspecified atom stereocenters. The van der Waals surface area contributed by atoms with E-state index in [1.807, 2.05) is 0 Å². The summed E-state index contributed by atoms with van der Waals surface area (Å²) in [7, 11) is 0. The van der Waals surface area contributed by atoms with E-state index in [1.165, 1.54) is 29.2 Å².